The van der Waals surface area contributed by atoms with E-state index in [1.54, 1.807) is 36.6 Å². The highest BCUT2D eigenvalue weighted by Crippen LogP contribution is 2.35. The van der Waals surface area contributed by atoms with E-state index >= 15 is 0 Å². The van der Waals surface area contributed by atoms with E-state index in [1.807, 2.05) is 6.92 Å². The lowest BCUT2D eigenvalue weighted by Crippen LogP contribution is -2.38. The van der Waals surface area contributed by atoms with Crippen LogP contribution in [0.15, 0.2) is 23.1 Å². The molecule has 11 heteroatoms. The lowest BCUT2D eigenvalue weighted by Gasteiger charge is -2.31. The quantitative estimate of drug-likeness (QED) is 0.486. The van der Waals surface area contributed by atoms with Crippen molar-refractivity contribution < 1.29 is 23.4 Å². The van der Waals surface area contributed by atoms with Gasteiger partial charge in [0.05, 0.1) is 24.6 Å². The Morgan fingerprint density at radius 3 is 2.68 bits per heavy atom. The SMILES string of the molecule is COc1ccc(-c2c(C)nc3sc(C(C)(C)O)nn23)cc1S(=O)(=O)NC[C@H]1C[C@@H](O)C1. The van der Waals surface area contributed by atoms with Gasteiger partial charge in [0.25, 0.3) is 0 Å². The van der Waals surface area contributed by atoms with Crippen molar-refractivity contribution in [2.45, 2.75) is 50.2 Å². The smallest absolute Gasteiger partial charge is 0.244 e. The molecule has 31 heavy (non-hydrogen) atoms. The first-order valence-corrected chi connectivity index (χ1v) is 12.2. The highest BCUT2D eigenvalue weighted by Gasteiger charge is 2.30. The third-order valence-electron chi connectivity index (χ3n) is 5.40. The predicted octanol–water partition coefficient (Wildman–Crippen LogP) is 2.05. The molecule has 1 aromatic carbocycles. The molecule has 168 valence electrons. The van der Waals surface area contributed by atoms with Crippen LogP contribution >= 0.6 is 11.3 Å². The fourth-order valence-electron chi connectivity index (χ4n) is 3.63. The van der Waals surface area contributed by atoms with Gasteiger partial charge in [0.2, 0.25) is 15.0 Å². The fraction of sp³-hybridized carbons (Fsp3) is 0.500. The first-order valence-electron chi connectivity index (χ1n) is 9.94. The van der Waals surface area contributed by atoms with Crippen LogP contribution in [0.5, 0.6) is 5.75 Å². The molecule has 0 spiro atoms. The first kappa shape index (κ1) is 22.2. The molecule has 9 nitrogen and oxygen atoms in total. The number of aryl methyl sites for hydroxylation is 1. The second kappa shape index (κ2) is 7.82. The summed E-state index contributed by atoms with van der Waals surface area (Å²) in [4.78, 5) is 5.18. The topological polar surface area (TPSA) is 126 Å². The summed E-state index contributed by atoms with van der Waals surface area (Å²) in [5.74, 6) is 0.365. The van der Waals surface area contributed by atoms with Gasteiger partial charge in [-0.25, -0.2) is 22.6 Å². The maximum Gasteiger partial charge on any atom is 0.244 e. The van der Waals surface area contributed by atoms with E-state index in [2.05, 4.69) is 14.8 Å². The number of rotatable bonds is 7. The summed E-state index contributed by atoms with van der Waals surface area (Å²) < 4.78 is 35.6. The molecule has 0 bridgehead atoms. The Morgan fingerprint density at radius 2 is 2.06 bits per heavy atom. The maximum absolute atomic E-state index is 13.0. The van der Waals surface area contributed by atoms with Crippen LogP contribution in [0.2, 0.25) is 0 Å². The standard InChI is InChI=1S/C20H26N4O5S2/c1-11-17(24-19(22-11)30-18(23-24)20(2,3)26)13-5-6-15(29-4)16(9-13)31(27,28)21-10-12-7-14(25)8-12/h5-6,9,12,14,21,25-26H,7-8,10H2,1-4H3/t12-,14+. The zero-order valence-corrected chi connectivity index (χ0v) is 19.4. The molecular formula is C20H26N4O5S2. The molecule has 3 N–H and O–H groups in total. The first-order chi connectivity index (χ1) is 14.5. The lowest BCUT2D eigenvalue weighted by molar-refractivity contribution is 0.0453. The number of ether oxygens (including phenoxy) is 1. The highest BCUT2D eigenvalue weighted by atomic mass is 32.2. The van der Waals surface area contributed by atoms with Crippen molar-refractivity contribution in [3.05, 3.63) is 28.9 Å². The van der Waals surface area contributed by atoms with Crippen molar-refractivity contribution in [1.82, 2.24) is 19.3 Å². The van der Waals surface area contributed by atoms with Crippen LogP contribution in [0.25, 0.3) is 16.2 Å². The van der Waals surface area contributed by atoms with E-state index in [9.17, 15) is 18.6 Å². The Hall–Kier alpha value is -2.05. The number of aromatic nitrogens is 3. The number of benzene rings is 1. The Labute approximate surface area is 184 Å². The highest BCUT2D eigenvalue weighted by molar-refractivity contribution is 7.89. The lowest BCUT2D eigenvalue weighted by atomic mass is 9.83. The number of sulfonamides is 1. The van der Waals surface area contributed by atoms with E-state index < -0.39 is 15.6 Å². The summed E-state index contributed by atoms with van der Waals surface area (Å²) >= 11 is 1.29. The zero-order valence-electron chi connectivity index (χ0n) is 17.8. The normalized spacial score (nSPS) is 19.5. The molecule has 0 saturated heterocycles. The number of fused-ring (bicyclic) bond motifs is 1. The number of nitrogens with zero attached hydrogens (tertiary/aromatic N) is 3. The summed E-state index contributed by atoms with van der Waals surface area (Å²) in [7, 11) is -2.41. The van der Waals surface area contributed by atoms with Crippen LogP contribution in [-0.4, -0.2) is 53.0 Å². The van der Waals surface area contributed by atoms with Gasteiger partial charge in [-0.15, -0.1) is 0 Å². The van der Waals surface area contributed by atoms with Gasteiger partial charge >= 0.3 is 0 Å². The van der Waals surface area contributed by atoms with Crippen molar-refractivity contribution in [2.24, 2.45) is 5.92 Å². The molecule has 0 unspecified atom stereocenters. The Balaban J connectivity index is 1.73. The minimum absolute atomic E-state index is 0.0275. The summed E-state index contributed by atoms with van der Waals surface area (Å²) in [5.41, 5.74) is 0.871. The molecule has 0 radical (unpaired) electrons. The van der Waals surface area contributed by atoms with Crippen LogP contribution < -0.4 is 9.46 Å². The number of hydrogen-bond acceptors (Lipinski definition) is 8. The molecule has 2 aromatic heterocycles. The predicted molar refractivity (Wildman–Crippen MR) is 117 cm³/mol. The number of hydrogen-bond donors (Lipinski definition) is 3. The zero-order chi connectivity index (χ0) is 22.6. The van der Waals surface area contributed by atoms with E-state index in [4.69, 9.17) is 4.74 Å². The van der Waals surface area contributed by atoms with Gasteiger partial charge in [0.15, 0.2) is 0 Å². The number of imidazole rings is 1. The van der Waals surface area contributed by atoms with Gasteiger partial charge in [-0.3, -0.25) is 0 Å². The summed E-state index contributed by atoms with van der Waals surface area (Å²) in [6.45, 7) is 5.41. The average Bonchev–Trinajstić information content (AvgIpc) is 3.20. The third-order valence-corrected chi connectivity index (χ3v) is 8.07. The number of aliphatic hydroxyl groups is 2. The summed E-state index contributed by atoms with van der Waals surface area (Å²) in [5, 5.41) is 24.7. The van der Waals surface area contributed by atoms with Crippen molar-refractivity contribution >= 4 is 26.3 Å². The van der Waals surface area contributed by atoms with Crippen molar-refractivity contribution in [1.29, 1.82) is 0 Å². The van der Waals surface area contributed by atoms with Gasteiger partial charge in [-0.05, 0) is 57.7 Å². The number of nitrogens with one attached hydrogen (secondary N) is 1. The van der Waals surface area contributed by atoms with Gasteiger partial charge in [0, 0.05) is 12.1 Å². The number of aliphatic hydroxyl groups excluding tert-OH is 1. The molecule has 1 fully saturated rings. The summed E-state index contributed by atoms with van der Waals surface area (Å²) in [6, 6.07) is 4.93. The van der Waals surface area contributed by atoms with E-state index in [0.29, 0.717) is 39.8 Å². The van der Waals surface area contributed by atoms with Gasteiger partial charge in [-0.2, -0.15) is 5.10 Å². The van der Waals surface area contributed by atoms with E-state index in [0.717, 1.165) is 0 Å². The minimum atomic E-state index is -3.83. The van der Waals surface area contributed by atoms with Crippen molar-refractivity contribution in [3.8, 4) is 17.0 Å². The molecule has 0 atom stereocenters. The Kier molecular flexibility index (Phi) is 5.59. The average molecular weight is 467 g/mol. The molecular weight excluding hydrogens is 440 g/mol. The Morgan fingerprint density at radius 1 is 1.35 bits per heavy atom. The van der Waals surface area contributed by atoms with Gasteiger partial charge in [0.1, 0.15) is 21.3 Å². The van der Waals surface area contributed by atoms with E-state index in [-0.39, 0.29) is 29.2 Å². The van der Waals surface area contributed by atoms with Crippen molar-refractivity contribution in [3.63, 3.8) is 0 Å². The fourth-order valence-corrected chi connectivity index (χ4v) is 5.89. The van der Waals surface area contributed by atoms with Crippen LogP contribution in [-0.2, 0) is 15.6 Å². The molecule has 1 aliphatic carbocycles. The van der Waals surface area contributed by atoms with Crippen LogP contribution in [0.4, 0.5) is 0 Å². The molecule has 0 amide bonds. The second-order valence-electron chi connectivity index (χ2n) is 8.42. The van der Waals surface area contributed by atoms with Crippen LogP contribution in [0.3, 0.4) is 0 Å². The number of methoxy groups -OCH3 is 1. The molecule has 1 aliphatic rings. The summed E-state index contributed by atoms with van der Waals surface area (Å²) in [6.07, 6.45) is 0.853. The molecule has 3 aromatic rings. The molecule has 2 heterocycles. The Bertz CT molecular complexity index is 1220. The van der Waals surface area contributed by atoms with Crippen LogP contribution in [0, 0.1) is 12.8 Å². The van der Waals surface area contributed by atoms with E-state index in [1.165, 1.54) is 18.4 Å². The third kappa shape index (κ3) is 4.20. The molecule has 1 saturated carbocycles. The van der Waals surface area contributed by atoms with Crippen LogP contribution in [0.1, 0.15) is 37.4 Å². The molecule has 4 rings (SSSR count). The van der Waals surface area contributed by atoms with Gasteiger partial charge < -0.3 is 14.9 Å². The second-order valence-corrected chi connectivity index (χ2v) is 11.1. The minimum Gasteiger partial charge on any atom is -0.495 e. The monoisotopic (exact) mass is 466 g/mol. The largest absolute Gasteiger partial charge is 0.495 e. The van der Waals surface area contributed by atoms with Crippen molar-refractivity contribution in [2.75, 3.05) is 13.7 Å². The maximum atomic E-state index is 13.0. The molecule has 0 aliphatic heterocycles. The van der Waals surface area contributed by atoms with Gasteiger partial charge in [-0.1, -0.05) is 11.3 Å².